The fraction of sp³-hybridized carbons (Fsp3) is 0.182. The summed E-state index contributed by atoms with van der Waals surface area (Å²) in [5, 5.41) is 20.8. The van der Waals surface area contributed by atoms with Gasteiger partial charge in [0.1, 0.15) is 5.56 Å². The molecule has 9 nitrogen and oxygen atoms in total. The predicted octanol–water partition coefficient (Wildman–Crippen LogP) is 0.198. The molecule has 0 unspecified atom stereocenters. The summed E-state index contributed by atoms with van der Waals surface area (Å²) in [5.41, 5.74) is 5.49. The summed E-state index contributed by atoms with van der Waals surface area (Å²) in [4.78, 5) is 22.2. The van der Waals surface area contributed by atoms with E-state index in [1.165, 1.54) is 29.1 Å². The summed E-state index contributed by atoms with van der Waals surface area (Å²) >= 11 is 0. The highest BCUT2D eigenvalue weighted by molar-refractivity contribution is 5.99. The first-order chi connectivity index (χ1) is 9.58. The number of anilines is 1. The molecule has 0 fully saturated rings. The molecule has 0 bridgehead atoms. The van der Waals surface area contributed by atoms with E-state index in [1.54, 1.807) is 6.20 Å². The van der Waals surface area contributed by atoms with E-state index < -0.39 is 10.8 Å². The first-order valence-corrected chi connectivity index (χ1v) is 5.74. The maximum Gasteiger partial charge on any atom is 0.282 e. The smallest absolute Gasteiger partial charge is 0.282 e. The second-order valence-corrected chi connectivity index (χ2v) is 3.96. The fourth-order valence-electron chi connectivity index (χ4n) is 1.63. The van der Waals surface area contributed by atoms with Crippen molar-refractivity contribution in [3.63, 3.8) is 0 Å². The summed E-state index contributed by atoms with van der Waals surface area (Å²) in [6, 6.07) is 3.87. The largest absolute Gasteiger partial charge is 0.399 e. The quantitative estimate of drug-likeness (QED) is 0.456. The molecule has 1 heterocycles. The number of rotatable bonds is 5. The molecule has 104 valence electrons. The van der Waals surface area contributed by atoms with Crippen molar-refractivity contribution in [3.05, 3.63) is 46.3 Å². The van der Waals surface area contributed by atoms with Gasteiger partial charge in [0.25, 0.3) is 11.6 Å². The van der Waals surface area contributed by atoms with Crippen molar-refractivity contribution in [3.8, 4) is 0 Å². The Labute approximate surface area is 113 Å². The van der Waals surface area contributed by atoms with Gasteiger partial charge in [-0.1, -0.05) is 5.21 Å². The minimum absolute atomic E-state index is 0.0615. The Bertz CT molecular complexity index is 625. The Morgan fingerprint density at radius 1 is 1.50 bits per heavy atom. The number of nitrogens with zero attached hydrogens (tertiary/aromatic N) is 4. The van der Waals surface area contributed by atoms with Gasteiger partial charge in [-0.25, -0.2) is 0 Å². The Balaban J connectivity index is 2.05. The fourth-order valence-corrected chi connectivity index (χ4v) is 1.63. The van der Waals surface area contributed by atoms with Gasteiger partial charge in [0, 0.05) is 24.5 Å². The van der Waals surface area contributed by atoms with Gasteiger partial charge in [-0.2, -0.15) is 0 Å². The molecule has 0 spiro atoms. The van der Waals surface area contributed by atoms with E-state index in [9.17, 15) is 14.9 Å². The van der Waals surface area contributed by atoms with Gasteiger partial charge in [0.2, 0.25) is 0 Å². The van der Waals surface area contributed by atoms with Crippen LogP contribution in [0.15, 0.2) is 30.6 Å². The highest BCUT2D eigenvalue weighted by atomic mass is 16.6. The lowest BCUT2D eigenvalue weighted by atomic mass is 10.1. The third-order valence-corrected chi connectivity index (χ3v) is 2.56. The average molecular weight is 276 g/mol. The molecule has 0 atom stereocenters. The third kappa shape index (κ3) is 3.07. The van der Waals surface area contributed by atoms with Crippen molar-refractivity contribution in [1.82, 2.24) is 20.3 Å². The number of nitrogen functional groups attached to an aromatic ring is 1. The lowest BCUT2D eigenvalue weighted by Gasteiger charge is -2.06. The van der Waals surface area contributed by atoms with E-state index in [0.717, 1.165) is 0 Å². The lowest BCUT2D eigenvalue weighted by Crippen LogP contribution is -2.28. The van der Waals surface area contributed by atoms with E-state index in [0.29, 0.717) is 6.54 Å². The molecule has 0 aliphatic rings. The highest BCUT2D eigenvalue weighted by Gasteiger charge is 2.19. The first kappa shape index (κ1) is 13.5. The number of hydrogen-bond donors (Lipinski definition) is 2. The Kier molecular flexibility index (Phi) is 3.89. The zero-order chi connectivity index (χ0) is 14.5. The number of carbonyl (C=O) groups is 1. The molecule has 1 aromatic heterocycles. The van der Waals surface area contributed by atoms with Gasteiger partial charge in [-0.15, -0.1) is 5.10 Å². The van der Waals surface area contributed by atoms with Crippen LogP contribution in [0.5, 0.6) is 0 Å². The number of nitrogens with two attached hydrogens (primary N) is 1. The van der Waals surface area contributed by atoms with E-state index in [4.69, 9.17) is 5.73 Å². The van der Waals surface area contributed by atoms with Gasteiger partial charge in [-0.3, -0.25) is 19.6 Å². The molecule has 0 radical (unpaired) electrons. The van der Waals surface area contributed by atoms with E-state index in [1.807, 2.05) is 0 Å². The van der Waals surface area contributed by atoms with Crippen molar-refractivity contribution in [2.75, 3.05) is 12.3 Å². The number of benzene rings is 1. The van der Waals surface area contributed by atoms with Crippen molar-refractivity contribution < 1.29 is 9.72 Å². The topological polar surface area (TPSA) is 129 Å². The number of aromatic nitrogens is 3. The number of nitro groups is 1. The minimum atomic E-state index is -0.619. The SMILES string of the molecule is Nc1ccc([N+](=O)[O-])c(C(=O)NCCn2ccnn2)c1. The molecule has 2 rings (SSSR count). The third-order valence-electron chi connectivity index (χ3n) is 2.56. The molecule has 0 aliphatic heterocycles. The highest BCUT2D eigenvalue weighted by Crippen LogP contribution is 2.20. The Morgan fingerprint density at radius 2 is 2.30 bits per heavy atom. The Hall–Kier alpha value is -2.97. The van der Waals surface area contributed by atoms with Gasteiger partial charge in [-0.05, 0) is 12.1 Å². The van der Waals surface area contributed by atoms with Gasteiger partial charge < -0.3 is 11.1 Å². The van der Waals surface area contributed by atoms with Crippen LogP contribution < -0.4 is 11.1 Å². The molecule has 0 saturated heterocycles. The zero-order valence-corrected chi connectivity index (χ0v) is 10.4. The van der Waals surface area contributed by atoms with Crippen LogP contribution in [0.2, 0.25) is 0 Å². The molecule has 1 amide bonds. The van der Waals surface area contributed by atoms with Crippen LogP contribution in [0.4, 0.5) is 11.4 Å². The molecule has 9 heteroatoms. The molecule has 1 aromatic carbocycles. The van der Waals surface area contributed by atoms with Crippen molar-refractivity contribution >= 4 is 17.3 Å². The maximum absolute atomic E-state index is 11.9. The first-order valence-electron chi connectivity index (χ1n) is 5.74. The lowest BCUT2D eigenvalue weighted by molar-refractivity contribution is -0.385. The molecular formula is C11H12N6O3. The van der Waals surface area contributed by atoms with Crippen LogP contribution >= 0.6 is 0 Å². The van der Waals surface area contributed by atoms with Gasteiger partial charge in [0.15, 0.2) is 0 Å². The van der Waals surface area contributed by atoms with Gasteiger partial charge in [0.05, 0.1) is 17.7 Å². The standard InChI is InChI=1S/C11H12N6O3/c12-8-1-2-10(17(19)20)9(7-8)11(18)13-3-5-16-6-4-14-15-16/h1-2,4,6-7H,3,5,12H2,(H,13,18). The summed E-state index contributed by atoms with van der Waals surface area (Å²) in [6.45, 7) is 0.690. The second kappa shape index (κ2) is 5.78. The Morgan fingerprint density at radius 3 is 2.95 bits per heavy atom. The summed E-state index contributed by atoms with van der Waals surface area (Å²) in [5.74, 6) is -0.552. The predicted molar refractivity (Wildman–Crippen MR) is 69.9 cm³/mol. The van der Waals surface area contributed by atoms with Crippen molar-refractivity contribution in [2.24, 2.45) is 0 Å². The van der Waals surface area contributed by atoms with Crippen LogP contribution in [0.3, 0.4) is 0 Å². The normalized spacial score (nSPS) is 10.2. The maximum atomic E-state index is 11.9. The number of hydrogen-bond acceptors (Lipinski definition) is 6. The molecule has 3 N–H and O–H groups in total. The van der Waals surface area contributed by atoms with Crippen LogP contribution in [0.25, 0.3) is 0 Å². The van der Waals surface area contributed by atoms with Crippen LogP contribution in [0.1, 0.15) is 10.4 Å². The second-order valence-electron chi connectivity index (χ2n) is 3.96. The van der Waals surface area contributed by atoms with Crippen LogP contribution in [-0.4, -0.2) is 32.4 Å². The summed E-state index contributed by atoms with van der Waals surface area (Å²) in [7, 11) is 0. The van der Waals surface area contributed by atoms with Crippen molar-refractivity contribution in [1.29, 1.82) is 0 Å². The van der Waals surface area contributed by atoms with Gasteiger partial charge >= 0.3 is 0 Å². The molecule has 20 heavy (non-hydrogen) atoms. The minimum Gasteiger partial charge on any atom is -0.399 e. The molecule has 2 aromatic rings. The van der Waals surface area contributed by atoms with Crippen LogP contribution in [-0.2, 0) is 6.54 Å². The van der Waals surface area contributed by atoms with Crippen molar-refractivity contribution in [2.45, 2.75) is 6.54 Å². The number of nitrogens with one attached hydrogen (secondary N) is 1. The summed E-state index contributed by atoms with van der Waals surface area (Å²) < 4.78 is 1.54. The number of carbonyl (C=O) groups excluding carboxylic acids is 1. The summed E-state index contributed by atoms with van der Waals surface area (Å²) in [6.07, 6.45) is 3.17. The van der Waals surface area contributed by atoms with E-state index in [-0.39, 0.29) is 23.5 Å². The van der Waals surface area contributed by atoms with E-state index >= 15 is 0 Å². The molecule has 0 aliphatic carbocycles. The monoisotopic (exact) mass is 276 g/mol. The van der Waals surface area contributed by atoms with Crippen LogP contribution in [0, 0.1) is 10.1 Å². The zero-order valence-electron chi connectivity index (χ0n) is 10.4. The molecule has 0 saturated carbocycles. The molecular weight excluding hydrogens is 264 g/mol. The number of nitro benzene ring substituents is 1. The average Bonchev–Trinajstić information content (AvgIpc) is 2.91. The number of amides is 1. The van der Waals surface area contributed by atoms with E-state index in [2.05, 4.69) is 15.6 Å².